The van der Waals surface area contributed by atoms with Crippen molar-refractivity contribution < 1.29 is 9.53 Å². The Morgan fingerprint density at radius 1 is 1.29 bits per heavy atom. The first-order valence-electron chi connectivity index (χ1n) is 7.66. The van der Waals surface area contributed by atoms with Crippen LogP contribution in [0.3, 0.4) is 0 Å². The fraction of sp³-hybridized carbons (Fsp3) is 0.222. The maximum Gasteiger partial charge on any atom is 0.281 e. The van der Waals surface area contributed by atoms with Crippen molar-refractivity contribution in [2.75, 3.05) is 11.5 Å². The first-order chi connectivity index (χ1) is 11.5. The van der Waals surface area contributed by atoms with E-state index >= 15 is 0 Å². The predicted molar refractivity (Wildman–Crippen MR) is 103 cm³/mol. The van der Waals surface area contributed by atoms with Crippen LogP contribution in [0.25, 0.3) is 6.08 Å². The van der Waals surface area contributed by atoms with Crippen molar-refractivity contribution in [3.8, 4) is 5.75 Å². The van der Waals surface area contributed by atoms with E-state index in [-0.39, 0.29) is 5.91 Å². The molecule has 1 N–H and O–H groups in total. The van der Waals surface area contributed by atoms with Gasteiger partial charge < -0.3 is 10.1 Å². The van der Waals surface area contributed by atoms with Crippen LogP contribution in [0.1, 0.15) is 22.2 Å². The third-order valence-electron chi connectivity index (χ3n) is 3.66. The third kappa shape index (κ3) is 3.20. The largest absolute Gasteiger partial charge is 0.494 e. The number of carbonyl (C=O) groups excluding carboxylic acids is 1. The number of ether oxygens (including phenoxy) is 1. The summed E-state index contributed by atoms with van der Waals surface area (Å²) in [6.45, 7) is 6.64. The minimum atomic E-state index is -0.146. The standard InChI is InChI=1S/C18H18N2O2S2/c1-4-22-15-7-5-14(6-8-15)20-17(21)16(19-18(20)23)10-13-9-11(2)24-12(13)3/h5-10H,4H2,1-3H3,(H,19,23)/b16-10+. The molecule has 0 spiro atoms. The highest BCUT2D eigenvalue weighted by Crippen LogP contribution is 2.27. The van der Waals surface area contributed by atoms with Gasteiger partial charge in [-0.15, -0.1) is 11.3 Å². The van der Waals surface area contributed by atoms with Gasteiger partial charge in [0.15, 0.2) is 5.11 Å². The van der Waals surface area contributed by atoms with Crippen molar-refractivity contribution in [3.63, 3.8) is 0 Å². The van der Waals surface area contributed by atoms with Crippen molar-refractivity contribution in [3.05, 3.63) is 51.3 Å². The summed E-state index contributed by atoms with van der Waals surface area (Å²) >= 11 is 7.05. The Bertz CT molecular complexity index is 822. The van der Waals surface area contributed by atoms with Crippen LogP contribution in [0.2, 0.25) is 0 Å². The Morgan fingerprint density at radius 2 is 2.00 bits per heavy atom. The van der Waals surface area contributed by atoms with Crippen LogP contribution in [-0.2, 0) is 4.79 Å². The Labute approximate surface area is 150 Å². The van der Waals surface area contributed by atoms with Gasteiger partial charge in [-0.1, -0.05) is 0 Å². The molecule has 2 aromatic rings. The van der Waals surface area contributed by atoms with Crippen molar-refractivity contribution >= 4 is 46.3 Å². The lowest BCUT2D eigenvalue weighted by Gasteiger charge is -2.14. The van der Waals surface area contributed by atoms with Crippen LogP contribution >= 0.6 is 23.6 Å². The highest BCUT2D eigenvalue weighted by molar-refractivity contribution is 7.80. The zero-order valence-electron chi connectivity index (χ0n) is 13.8. The minimum Gasteiger partial charge on any atom is -0.494 e. The molecule has 1 fully saturated rings. The molecule has 1 aromatic carbocycles. The lowest BCUT2D eigenvalue weighted by atomic mass is 10.2. The van der Waals surface area contributed by atoms with E-state index < -0.39 is 0 Å². The number of hydrogen-bond donors (Lipinski definition) is 1. The summed E-state index contributed by atoms with van der Waals surface area (Å²) in [5.41, 5.74) is 2.27. The second-order valence-electron chi connectivity index (χ2n) is 5.42. The Balaban J connectivity index is 1.87. The highest BCUT2D eigenvalue weighted by atomic mass is 32.1. The van der Waals surface area contributed by atoms with Gasteiger partial charge in [0.2, 0.25) is 0 Å². The van der Waals surface area contributed by atoms with Gasteiger partial charge in [-0.3, -0.25) is 9.69 Å². The van der Waals surface area contributed by atoms with E-state index in [4.69, 9.17) is 17.0 Å². The van der Waals surface area contributed by atoms with E-state index in [0.29, 0.717) is 17.4 Å². The van der Waals surface area contributed by atoms with Gasteiger partial charge in [-0.2, -0.15) is 0 Å². The number of thiophene rings is 1. The summed E-state index contributed by atoms with van der Waals surface area (Å²) in [5, 5.41) is 3.41. The zero-order chi connectivity index (χ0) is 17.3. The van der Waals surface area contributed by atoms with Gasteiger partial charge in [0.25, 0.3) is 5.91 Å². The molecule has 0 unspecified atom stereocenters. The number of rotatable bonds is 4. The summed E-state index contributed by atoms with van der Waals surface area (Å²) in [6.07, 6.45) is 1.86. The average molecular weight is 358 g/mol. The molecule has 1 aliphatic rings. The summed E-state index contributed by atoms with van der Waals surface area (Å²) in [6, 6.07) is 9.41. The second-order valence-corrected chi connectivity index (χ2v) is 7.27. The van der Waals surface area contributed by atoms with Crippen LogP contribution in [-0.4, -0.2) is 17.6 Å². The van der Waals surface area contributed by atoms with Crippen LogP contribution in [0.4, 0.5) is 5.69 Å². The minimum absolute atomic E-state index is 0.146. The van der Waals surface area contributed by atoms with Crippen molar-refractivity contribution in [2.45, 2.75) is 20.8 Å². The van der Waals surface area contributed by atoms with E-state index in [1.54, 1.807) is 11.3 Å². The first-order valence-corrected chi connectivity index (χ1v) is 8.89. The number of amides is 1. The van der Waals surface area contributed by atoms with Crippen LogP contribution in [0.15, 0.2) is 36.0 Å². The number of benzene rings is 1. The van der Waals surface area contributed by atoms with Crippen LogP contribution < -0.4 is 15.0 Å². The molecule has 1 aliphatic heterocycles. The zero-order valence-corrected chi connectivity index (χ0v) is 15.4. The number of aryl methyl sites for hydroxylation is 2. The maximum atomic E-state index is 12.7. The van der Waals surface area contributed by atoms with Crippen molar-refractivity contribution in [2.24, 2.45) is 0 Å². The van der Waals surface area contributed by atoms with Gasteiger partial charge in [0.05, 0.1) is 12.3 Å². The maximum absolute atomic E-state index is 12.7. The van der Waals surface area contributed by atoms with Gasteiger partial charge in [-0.25, -0.2) is 0 Å². The molecule has 1 saturated heterocycles. The summed E-state index contributed by atoms with van der Waals surface area (Å²) in [5.74, 6) is 0.624. The molecule has 24 heavy (non-hydrogen) atoms. The van der Waals surface area contributed by atoms with E-state index in [1.807, 2.05) is 44.2 Å². The molecule has 2 heterocycles. The molecular weight excluding hydrogens is 340 g/mol. The quantitative estimate of drug-likeness (QED) is 0.662. The molecule has 0 radical (unpaired) electrons. The topological polar surface area (TPSA) is 41.6 Å². The van der Waals surface area contributed by atoms with Crippen LogP contribution in [0.5, 0.6) is 5.75 Å². The molecular formula is C18H18N2O2S2. The fourth-order valence-electron chi connectivity index (χ4n) is 2.58. The predicted octanol–water partition coefficient (Wildman–Crippen LogP) is 4.03. The Kier molecular flexibility index (Phi) is 4.69. The van der Waals surface area contributed by atoms with Crippen LogP contribution in [0, 0.1) is 13.8 Å². The van der Waals surface area contributed by atoms with Gasteiger partial charge in [0, 0.05) is 9.75 Å². The van der Waals surface area contributed by atoms with Gasteiger partial charge in [0.1, 0.15) is 11.4 Å². The first kappa shape index (κ1) is 16.7. The number of thiocarbonyl (C=S) groups is 1. The molecule has 0 aliphatic carbocycles. The molecule has 1 aromatic heterocycles. The Morgan fingerprint density at radius 3 is 2.58 bits per heavy atom. The second kappa shape index (κ2) is 6.75. The number of hydrogen-bond acceptors (Lipinski definition) is 4. The van der Waals surface area contributed by atoms with Gasteiger partial charge >= 0.3 is 0 Å². The highest BCUT2D eigenvalue weighted by Gasteiger charge is 2.32. The molecule has 4 nitrogen and oxygen atoms in total. The average Bonchev–Trinajstić information content (AvgIpc) is 3.00. The molecule has 0 saturated carbocycles. The number of anilines is 1. The molecule has 0 bridgehead atoms. The normalized spacial score (nSPS) is 16.0. The van der Waals surface area contributed by atoms with Crippen molar-refractivity contribution in [1.29, 1.82) is 0 Å². The number of carbonyl (C=O) groups is 1. The molecule has 3 rings (SSSR count). The van der Waals surface area contributed by atoms with E-state index in [0.717, 1.165) is 17.0 Å². The lowest BCUT2D eigenvalue weighted by molar-refractivity contribution is -0.113. The molecule has 6 heteroatoms. The summed E-state index contributed by atoms with van der Waals surface area (Å²) < 4.78 is 5.43. The monoisotopic (exact) mass is 358 g/mol. The Hall–Kier alpha value is -2.18. The molecule has 0 atom stereocenters. The fourth-order valence-corrected chi connectivity index (χ4v) is 3.78. The SMILES string of the molecule is CCOc1ccc(N2C(=O)/C(=C\c3cc(C)sc3C)NC2=S)cc1. The summed E-state index contributed by atoms with van der Waals surface area (Å²) in [4.78, 5) is 16.6. The summed E-state index contributed by atoms with van der Waals surface area (Å²) in [7, 11) is 0. The van der Waals surface area contributed by atoms with E-state index in [2.05, 4.69) is 18.3 Å². The van der Waals surface area contributed by atoms with Crippen molar-refractivity contribution in [1.82, 2.24) is 5.32 Å². The van der Waals surface area contributed by atoms with Gasteiger partial charge in [-0.05, 0) is 75.0 Å². The number of nitrogens with zero attached hydrogens (tertiary/aromatic N) is 1. The van der Waals surface area contributed by atoms with E-state index in [1.165, 1.54) is 14.7 Å². The van der Waals surface area contributed by atoms with E-state index in [9.17, 15) is 4.79 Å². The number of nitrogens with one attached hydrogen (secondary N) is 1. The third-order valence-corrected chi connectivity index (χ3v) is 4.93. The smallest absolute Gasteiger partial charge is 0.281 e. The molecule has 124 valence electrons. The lowest BCUT2D eigenvalue weighted by Crippen LogP contribution is -2.30. The molecule has 1 amide bonds.